The van der Waals surface area contributed by atoms with Crippen molar-refractivity contribution in [1.29, 1.82) is 0 Å². The fourth-order valence-electron chi connectivity index (χ4n) is 3.04. The molecular formula is C15H22N2. The zero-order valence-corrected chi connectivity index (χ0v) is 10.5. The van der Waals surface area contributed by atoms with Crippen LogP contribution in [0.1, 0.15) is 36.8 Å². The van der Waals surface area contributed by atoms with Crippen molar-refractivity contribution in [3.05, 3.63) is 29.3 Å². The normalized spacial score (nSPS) is 19.3. The Balaban J connectivity index is 1.51. The molecule has 1 heterocycles. The van der Waals surface area contributed by atoms with Gasteiger partial charge in [0.25, 0.3) is 0 Å². The average molecular weight is 230 g/mol. The van der Waals surface area contributed by atoms with Crippen molar-refractivity contribution in [2.45, 2.75) is 44.6 Å². The monoisotopic (exact) mass is 230 g/mol. The maximum absolute atomic E-state index is 3.68. The van der Waals surface area contributed by atoms with Crippen molar-refractivity contribution in [2.75, 3.05) is 18.4 Å². The molecule has 2 heteroatoms. The lowest BCUT2D eigenvalue weighted by Crippen LogP contribution is -2.27. The molecule has 0 saturated heterocycles. The van der Waals surface area contributed by atoms with Gasteiger partial charge in [0.1, 0.15) is 0 Å². The van der Waals surface area contributed by atoms with E-state index in [9.17, 15) is 0 Å². The molecule has 2 aliphatic rings. The molecule has 0 unspecified atom stereocenters. The number of hydrogen-bond acceptors (Lipinski definition) is 2. The summed E-state index contributed by atoms with van der Waals surface area (Å²) in [6.45, 7) is 2.24. The van der Waals surface area contributed by atoms with Gasteiger partial charge in [-0.05, 0) is 49.4 Å². The standard InChI is InChI=1S/C15H22N2/c1-2-4-14(3-1)16-9-7-12-5-6-13-8-10-17-15(13)11-12/h5-6,11,14,16-17H,1-4,7-10H2. The van der Waals surface area contributed by atoms with E-state index in [2.05, 4.69) is 28.8 Å². The van der Waals surface area contributed by atoms with E-state index >= 15 is 0 Å². The average Bonchev–Trinajstić information content (AvgIpc) is 2.98. The van der Waals surface area contributed by atoms with E-state index in [0.29, 0.717) is 0 Å². The van der Waals surface area contributed by atoms with Crippen LogP contribution in [-0.2, 0) is 12.8 Å². The van der Waals surface area contributed by atoms with Gasteiger partial charge in [-0.1, -0.05) is 25.0 Å². The van der Waals surface area contributed by atoms with Crippen molar-refractivity contribution >= 4 is 5.69 Å². The van der Waals surface area contributed by atoms with Gasteiger partial charge in [-0.2, -0.15) is 0 Å². The first-order valence-corrected chi connectivity index (χ1v) is 7.01. The van der Waals surface area contributed by atoms with Crippen LogP contribution in [0.5, 0.6) is 0 Å². The van der Waals surface area contributed by atoms with E-state index in [1.807, 2.05) is 0 Å². The molecular weight excluding hydrogens is 208 g/mol. The number of nitrogens with one attached hydrogen (secondary N) is 2. The highest BCUT2D eigenvalue weighted by Crippen LogP contribution is 2.23. The molecule has 3 rings (SSSR count). The molecule has 0 atom stereocenters. The Morgan fingerprint density at radius 3 is 3.00 bits per heavy atom. The minimum Gasteiger partial charge on any atom is -0.384 e. The van der Waals surface area contributed by atoms with Gasteiger partial charge >= 0.3 is 0 Å². The third-order valence-electron chi connectivity index (χ3n) is 4.09. The van der Waals surface area contributed by atoms with Gasteiger partial charge in [0.05, 0.1) is 0 Å². The molecule has 1 aliphatic carbocycles. The summed E-state index contributed by atoms with van der Waals surface area (Å²) in [6.07, 6.45) is 7.94. The van der Waals surface area contributed by atoms with Crippen LogP contribution in [0.25, 0.3) is 0 Å². The number of rotatable bonds is 4. The van der Waals surface area contributed by atoms with Crippen LogP contribution >= 0.6 is 0 Å². The predicted molar refractivity (Wildman–Crippen MR) is 72.6 cm³/mol. The Labute approximate surface area is 104 Å². The second-order valence-corrected chi connectivity index (χ2v) is 5.35. The summed E-state index contributed by atoms with van der Waals surface area (Å²) in [5.74, 6) is 0. The van der Waals surface area contributed by atoms with Crippen LogP contribution in [0, 0.1) is 0 Å². The highest BCUT2D eigenvalue weighted by molar-refractivity contribution is 5.57. The molecule has 0 amide bonds. The number of fused-ring (bicyclic) bond motifs is 1. The molecule has 0 spiro atoms. The molecule has 1 aromatic carbocycles. The number of anilines is 1. The van der Waals surface area contributed by atoms with Crippen LogP contribution in [0.2, 0.25) is 0 Å². The van der Waals surface area contributed by atoms with Gasteiger partial charge in [-0.15, -0.1) is 0 Å². The Morgan fingerprint density at radius 1 is 1.24 bits per heavy atom. The molecule has 17 heavy (non-hydrogen) atoms. The summed E-state index contributed by atoms with van der Waals surface area (Å²) in [5.41, 5.74) is 4.31. The minimum absolute atomic E-state index is 0.794. The van der Waals surface area contributed by atoms with E-state index in [1.165, 1.54) is 48.9 Å². The van der Waals surface area contributed by atoms with Crippen LogP contribution in [-0.4, -0.2) is 19.1 Å². The van der Waals surface area contributed by atoms with Gasteiger partial charge in [0, 0.05) is 18.3 Å². The molecule has 1 fully saturated rings. The summed E-state index contributed by atoms with van der Waals surface area (Å²) in [6, 6.07) is 7.71. The van der Waals surface area contributed by atoms with Crippen LogP contribution in [0.4, 0.5) is 5.69 Å². The first-order valence-electron chi connectivity index (χ1n) is 7.01. The molecule has 1 saturated carbocycles. The van der Waals surface area contributed by atoms with E-state index in [-0.39, 0.29) is 0 Å². The Bertz CT molecular complexity index is 381. The van der Waals surface area contributed by atoms with Crippen LogP contribution in [0.3, 0.4) is 0 Å². The number of benzene rings is 1. The Kier molecular flexibility index (Phi) is 3.32. The third-order valence-corrected chi connectivity index (χ3v) is 4.09. The highest BCUT2D eigenvalue weighted by atomic mass is 14.9. The molecule has 1 aromatic rings. The lowest BCUT2D eigenvalue weighted by atomic mass is 10.1. The van der Waals surface area contributed by atoms with Crippen molar-refractivity contribution in [1.82, 2.24) is 5.32 Å². The summed E-state index contributed by atoms with van der Waals surface area (Å²) in [5, 5.41) is 7.13. The molecule has 92 valence electrons. The van der Waals surface area contributed by atoms with Crippen LogP contribution in [0.15, 0.2) is 18.2 Å². The first kappa shape index (κ1) is 11.1. The smallest absolute Gasteiger partial charge is 0.0376 e. The molecule has 2 nitrogen and oxygen atoms in total. The zero-order valence-electron chi connectivity index (χ0n) is 10.5. The highest BCUT2D eigenvalue weighted by Gasteiger charge is 2.14. The van der Waals surface area contributed by atoms with E-state index in [0.717, 1.165) is 25.6 Å². The Hall–Kier alpha value is -1.02. The topological polar surface area (TPSA) is 24.1 Å². The summed E-state index contributed by atoms with van der Waals surface area (Å²) in [7, 11) is 0. The van der Waals surface area contributed by atoms with E-state index in [1.54, 1.807) is 0 Å². The van der Waals surface area contributed by atoms with E-state index in [4.69, 9.17) is 0 Å². The van der Waals surface area contributed by atoms with Crippen molar-refractivity contribution < 1.29 is 0 Å². The Morgan fingerprint density at radius 2 is 2.12 bits per heavy atom. The summed E-state index contributed by atoms with van der Waals surface area (Å²) < 4.78 is 0. The van der Waals surface area contributed by atoms with E-state index < -0.39 is 0 Å². The van der Waals surface area contributed by atoms with Crippen molar-refractivity contribution in [2.24, 2.45) is 0 Å². The third kappa shape index (κ3) is 2.63. The maximum Gasteiger partial charge on any atom is 0.0376 e. The quantitative estimate of drug-likeness (QED) is 0.831. The van der Waals surface area contributed by atoms with Gasteiger partial charge in [-0.25, -0.2) is 0 Å². The molecule has 1 aliphatic heterocycles. The van der Waals surface area contributed by atoms with Crippen LogP contribution < -0.4 is 10.6 Å². The SMILES string of the molecule is c1cc2c(cc1CCNC1CCCC1)NCC2. The van der Waals surface area contributed by atoms with Gasteiger partial charge < -0.3 is 10.6 Å². The minimum atomic E-state index is 0.794. The second-order valence-electron chi connectivity index (χ2n) is 5.35. The predicted octanol–water partition coefficient (Wildman–Crippen LogP) is 2.73. The largest absolute Gasteiger partial charge is 0.384 e. The molecule has 0 aromatic heterocycles. The lowest BCUT2D eigenvalue weighted by molar-refractivity contribution is 0.528. The van der Waals surface area contributed by atoms with Gasteiger partial charge in [-0.3, -0.25) is 0 Å². The molecule has 0 bridgehead atoms. The molecule has 0 radical (unpaired) electrons. The summed E-state index contributed by atoms with van der Waals surface area (Å²) >= 11 is 0. The summed E-state index contributed by atoms with van der Waals surface area (Å²) in [4.78, 5) is 0. The fourth-order valence-corrected chi connectivity index (χ4v) is 3.04. The first-order chi connectivity index (χ1) is 8.42. The zero-order chi connectivity index (χ0) is 11.5. The maximum atomic E-state index is 3.68. The number of hydrogen-bond donors (Lipinski definition) is 2. The van der Waals surface area contributed by atoms with Crippen molar-refractivity contribution in [3.8, 4) is 0 Å². The molecule has 2 N–H and O–H groups in total. The van der Waals surface area contributed by atoms with Gasteiger partial charge in [0.15, 0.2) is 0 Å². The van der Waals surface area contributed by atoms with Gasteiger partial charge in [0.2, 0.25) is 0 Å². The van der Waals surface area contributed by atoms with Crippen molar-refractivity contribution in [3.63, 3.8) is 0 Å². The second kappa shape index (κ2) is 5.09. The lowest BCUT2D eigenvalue weighted by Gasteiger charge is -2.12. The fraction of sp³-hybridized carbons (Fsp3) is 0.600.